The highest BCUT2D eigenvalue weighted by molar-refractivity contribution is 6.57. The molecule has 0 aromatic heterocycles. The number of rotatable bonds is 12. The molecule has 4 nitrogen and oxygen atoms in total. The highest BCUT2D eigenvalue weighted by Crippen LogP contribution is 2.16. The Balaban J connectivity index is 4.72. The maximum Gasteiger partial charge on any atom is 0.599 e. The minimum absolute atomic E-state index is 0.702. The first-order chi connectivity index (χ1) is 8.66. The Kier molecular flexibility index (Phi) is 11.0. The third kappa shape index (κ3) is 6.29. The molecule has 0 unspecified atom stereocenters. The molecule has 0 spiro atoms. The quantitative estimate of drug-likeness (QED) is 0.513. The number of hydrogen-bond acceptors (Lipinski definition) is 4. The van der Waals surface area contributed by atoms with Crippen LogP contribution in [-0.2, 0) is 13.3 Å². The SMILES string of the molecule is CCCO[Si](OCCC)(OCCC)N(C)CCC. The van der Waals surface area contributed by atoms with E-state index in [1.165, 1.54) is 0 Å². The van der Waals surface area contributed by atoms with Crippen LogP contribution < -0.4 is 0 Å². The van der Waals surface area contributed by atoms with E-state index in [4.69, 9.17) is 13.3 Å². The van der Waals surface area contributed by atoms with Crippen molar-refractivity contribution in [3.63, 3.8) is 0 Å². The van der Waals surface area contributed by atoms with E-state index in [0.717, 1.165) is 32.2 Å². The molecular formula is C13H31NO3Si. The fourth-order valence-corrected chi connectivity index (χ4v) is 4.42. The zero-order chi connectivity index (χ0) is 13.9. The average molecular weight is 277 g/mol. The highest BCUT2D eigenvalue weighted by Gasteiger charge is 2.46. The van der Waals surface area contributed by atoms with Crippen LogP contribution in [0.25, 0.3) is 0 Å². The fraction of sp³-hybridized carbons (Fsp3) is 1.00. The largest absolute Gasteiger partial charge is 0.599 e. The van der Waals surface area contributed by atoms with E-state index in [1.54, 1.807) is 0 Å². The summed E-state index contributed by atoms with van der Waals surface area (Å²) < 4.78 is 20.2. The summed E-state index contributed by atoms with van der Waals surface area (Å²) >= 11 is 0. The zero-order valence-corrected chi connectivity index (χ0v) is 13.8. The van der Waals surface area contributed by atoms with Crippen LogP contribution in [0, 0.1) is 0 Å². The van der Waals surface area contributed by atoms with Crippen molar-refractivity contribution in [2.75, 3.05) is 33.4 Å². The number of hydrogen-bond donors (Lipinski definition) is 0. The fourth-order valence-electron chi connectivity index (χ4n) is 1.62. The molecule has 110 valence electrons. The minimum Gasteiger partial charge on any atom is -0.361 e. The molecule has 0 aliphatic heterocycles. The molecule has 0 radical (unpaired) electrons. The molecule has 0 bridgehead atoms. The van der Waals surface area contributed by atoms with Crippen molar-refractivity contribution in [1.82, 2.24) is 4.57 Å². The molecule has 0 atom stereocenters. The molecule has 0 saturated heterocycles. The summed E-state index contributed by atoms with van der Waals surface area (Å²) in [6.07, 6.45) is 4.03. The zero-order valence-electron chi connectivity index (χ0n) is 12.8. The van der Waals surface area contributed by atoms with Gasteiger partial charge in [-0.2, -0.15) is 0 Å². The van der Waals surface area contributed by atoms with Gasteiger partial charge < -0.3 is 13.3 Å². The predicted octanol–water partition coefficient (Wildman–Crippen LogP) is 3.04. The van der Waals surface area contributed by atoms with Gasteiger partial charge in [-0.1, -0.05) is 27.7 Å². The monoisotopic (exact) mass is 277 g/mol. The van der Waals surface area contributed by atoms with Gasteiger partial charge in [0.2, 0.25) is 0 Å². The van der Waals surface area contributed by atoms with Gasteiger partial charge in [0.05, 0.1) is 0 Å². The molecule has 0 rings (SSSR count). The Morgan fingerprint density at radius 1 is 0.722 bits per heavy atom. The molecule has 0 aromatic carbocycles. The standard InChI is InChI=1S/C13H31NO3Si/c1-6-10-14(5)18(15-11-7-2,16-12-8-3)17-13-9-4/h6-13H2,1-5H3. The topological polar surface area (TPSA) is 30.9 Å². The van der Waals surface area contributed by atoms with E-state index in [9.17, 15) is 0 Å². The van der Waals surface area contributed by atoms with Gasteiger partial charge in [0.25, 0.3) is 0 Å². The summed E-state index contributed by atoms with van der Waals surface area (Å²) in [6, 6.07) is 0. The third-order valence-electron chi connectivity index (χ3n) is 2.49. The molecule has 0 fully saturated rings. The maximum atomic E-state index is 6.02. The van der Waals surface area contributed by atoms with Crippen molar-refractivity contribution < 1.29 is 13.3 Å². The van der Waals surface area contributed by atoms with Crippen LogP contribution in [0.1, 0.15) is 53.4 Å². The van der Waals surface area contributed by atoms with Gasteiger partial charge in [0, 0.05) is 19.8 Å². The predicted molar refractivity (Wildman–Crippen MR) is 77.4 cm³/mol. The maximum absolute atomic E-state index is 6.02. The van der Waals surface area contributed by atoms with Crippen LogP contribution in [0.5, 0.6) is 0 Å². The molecule has 0 heterocycles. The van der Waals surface area contributed by atoms with Gasteiger partial charge in [0.1, 0.15) is 0 Å². The van der Waals surface area contributed by atoms with E-state index in [2.05, 4.69) is 39.3 Å². The molecule has 0 aliphatic carbocycles. The summed E-state index contributed by atoms with van der Waals surface area (Å²) in [6.45, 7) is 11.5. The molecule has 5 heteroatoms. The van der Waals surface area contributed by atoms with Crippen molar-refractivity contribution in [2.24, 2.45) is 0 Å². The smallest absolute Gasteiger partial charge is 0.361 e. The van der Waals surface area contributed by atoms with Gasteiger partial charge in [-0.15, -0.1) is 0 Å². The lowest BCUT2D eigenvalue weighted by Crippen LogP contribution is -2.60. The second kappa shape index (κ2) is 10.9. The first-order valence-electron chi connectivity index (χ1n) is 7.29. The van der Waals surface area contributed by atoms with Crippen molar-refractivity contribution in [3.8, 4) is 0 Å². The first-order valence-corrected chi connectivity index (χ1v) is 8.97. The molecule has 0 aliphatic rings. The minimum atomic E-state index is -2.65. The van der Waals surface area contributed by atoms with E-state index in [-0.39, 0.29) is 0 Å². The van der Waals surface area contributed by atoms with Crippen LogP contribution in [0.4, 0.5) is 0 Å². The highest BCUT2D eigenvalue weighted by atomic mass is 28.4. The molecule has 0 amide bonds. The average Bonchev–Trinajstić information content (AvgIpc) is 2.38. The summed E-state index contributed by atoms with van der Waals surface area (Å²) in [5.41, 5.74) is 0. The first kappa shape index (κ1) is 18.1. The van der Waals surface area contributed by atoms with E-state index in [0.29, 0.717) is 19.8 Å². The normalized spacial score (nSPS) is 12.3. The molecule has 18 heavy (non-hydrogen) atoms. The van der Waals surface area contributed by atoms with Crippen molar-refractivity contribution in [3.05, 3.63) is 0 Å². The van der Waals surface area contributed by atoms with Crippen LogP contribution in [0.3, 0.4) is 0 Å². The lowest BCUT2D eigenvalue weighted by Gasteiger charge is -2.35. The van der Waals surface area contributed by atoms with Crippen LogP contribution in [0.2, 0.25) is 0 Å². The summed E-state index contributed by atoms with van der Waals surface area (Å²) in [5.74, 6) is 0. The van der Waals surface area contributed by atoms with Gasteiger partial charge in [-0.05, 0) is 39.3 Å². The van der Waals surface area contributed by atoms with Crippen molar-refractivity contribution in [1.29, 1.82) is 0 Å². The van der Waals surface area contributed by atoms with Gasteiger partial charge in [0.15, 0.2) is 0 Å². The van der Waals surface area contributed by atoms with E-state index >= 15 is 0 Å². The van der Waals surface area contributed by atoms with Crippen LogP contribution >= 0.6 is 0 Å². The molecule has 0 N–H and O–H groups in total. The van der Waals surface area contributed by atoms with E-state index < -0.39 is 8.97 Å². The lowest BCUT2D eigenvalue weighted by molar-refractivity contribution is 0.0140. The summed E-state index contributed by atoms with van der Waals surface area (Å²) in [4.78, 5) is 0. The van der Waals surface area contributed by atoms with E-state index in [1.807, 2.05) is 0 Å². The molecule has 0 aromatic rings. The van der Waals surface area contributed by atoms with Crippen molar-refractivity contribution in [2.45, 2.75) is 53.4 Å². The third-order valence-corrected chi connectivity index (χ3v) is 5.36. The summed E-state index contributed by atoms with van der Waals surface area (Å²) in [7, 11) is -0.597. The Labute approximate surface area is 114 Å². The van der Waals surface area contributed by atoms with Gasteiger partial charge in [-0.25, -0.2) is 0 Å². The Morgan fingerprint density at radius 3 is 1.39 bits per heavy atom. The van der Waals surface area contributed by atoms with Gasteiger partial charge in [-0.3, -0.25) is 4.57 Å². The molecular weight excluding hydrogens is 246 g/mol. The van der Waals surface area contributed by atoms with Crippen LogP contribution in [0.15, 0.2) is 0 Å². The lowest BCUT2D eigenvalue weighted by atomic mass is 10.5. The Morgan fingerprint density at radius 2 is 1.11 bits per heavy atom. The second-order valence-corrected chi connectivity index (χ2v) is 7.17. The summed E-state index contributed by atoms with van der Waals surface area (Å²) in [5, 5.41) is 0. The molecule has 0 saturated carbocycles. The number of nitrogens with zero attached hydrogens (tertiary/aromatic N) is 1. The van der Waals surface area contributed by atoms with Crippen molar-refractivity contribution >= 4 is 8.97 Å². The second-order valence-electron chi connectivity index (χ2n) is 4.49. The Hall–Kier alpha value is 0.0569. The Bertz CT molecular complexity index is 171. The van der Waals surface area contributed by atoms with Crippen LogP contribution in [-0.4, -0.2) is 46.9 Å². The van der Waals surface area contributed by atoms with Gasteiger partial charge >= 0.3 is 8.97 Å².